The van der Waals surface area contributed by atoms with Gasteiger partial charge in [-0.1, -0.05) is 6.92 Å². The fourth-order valence-corrected chi connectivity index (χ4v) is 3.37. The van der Waals surface area contributed by atoms with Crippen molar-refractivity contribution in [2.75, 3.05) is 32.1 Å². The lowest BCUT2D eigenvalue weighted by Gasteiger charge is -2.29. The molecule has 0 saturated carbocycles. The van der Waals surface area contributed by atoms with Crippen LogP contribution in [-0.4, -0.2) is 43.5 Å². The summed E-state index contributed by atoms with van der Waals surface area (Å²) in [6.45, 7) is 6.45. The molecule has 2 heterocycles. The first kappa shape index (κ1) is 16.0. The maximum Gasteiger partial charge on any atom is 0.340 e. The molecule has 0 spiro atoms. The van der Waals surface area contributed by atoms with E-state index in [1.807, 2.05) is 6.92 Å². The van der Waals surface area contributed by atoms with E-state index < -0.39 is 5.97 Å². The Bertz CT molecular complexity index is 519. The van der Waals surface area contributed by atoms with Crippen molar-refractivity contribution < 1.29 is 14.3 Å². The van der Waals surface area contributed by atoms with Crippen LogP contribution in [0.1, 0.15) is 35.0 Å². The molecule has 1 amide bonds. The molecule has 0 radical (unpaired) electrons. The lowest BCUT2D eigenvalue weighted by atomic mass is 9.99. The number of anilines is 1. The third-order valence-corrected chi connectivity index (χ3v) is 4.72. The fourth-order valence-electron chi connectivity index (χ4n) is 2.46. The van der Waals surface area contributed by atoms with Crippen LogP contribution in [0.25, 0.3) is 0 Å². The van der Waals surface area contributed by atoms with Gasteiger partial charge in [0.25, 0.3) is 0 Å². The van der Waals surface area contributed by atoms with Gasteiger partial charge >= 0.3 is 5.97 Å². The number of carbonyl (C=O) groups excluding carboxylic acids is 2. The quantitative estimate of drug-likeness (QED) is 0.868. The number of nitrogens with one attached hydrogen (secondary N) is 1. The van der Waals surface area contributed by atoms with Gasteiger partial charge < -0.3 is 10.1 Å². The van der Waals surface area contributed by atoms with Crippen molar-refractivity contribution in [3.05, 3.63) is 16.5 Å². The molecule has 1 fully saturated rings. The van der Waals surface area contributed by atoms with Gasteiger partial charge in [0.2, 0.25) is 5.91 Å². The van der Waals surface area contributed by atoms with E-state index in [-0.39, 0.29) is 5.91 Å². The van der Waals surface area contributed by atoms with Crippen LogP contribution in [0.3, 0.4) is 0 Å². The van der Waals surface area contributed by atoms with Crippen LogP contribution < -0.4 is 5.32 Å². The third kappa shape index (κ3) is 4.28. The Morgan fingerprint density at radius 1 is 1.43 bits per heavy atom. The number of aryl methyl sites for hydroxylation is 1. The van der Waals surface area contributed by atoms with Crippen molar-refractivity contribution in [3.8, 4) is 0 Å². The topological polar surface area (TPSA) is 58.6 Å². The van der Waals surface area contributed by atoms with Crippen molar-refractivity contribution in [1.82, 2.24) is 4.90 Å². The SMILES string of the molecule is COC(=O)c1cc(C)sc1NC(=O)CN1CCC(C)CC1. The highest BCUT2D eigenvalue weighted by atomic mass is 32.1. The van der Waals surface area contributed by atoms with Crippen molar-refractivity contribution >= 4 is 28.2 Å². The number of nitrogens with zero attached hydrogens (tertiary/aromatic N) is 1. The number of hydrogen-bond donors (Lipinski definition) is 1. The molecular weight excluding hydrogens is 288 g/mol. The van der Waals surface area contributed by atoms with Gasteiger partial charge in [0.1, 0.15) is 5.00 Å². The number of piperidine rings is 1. The summed E-state index contributed by atoms with van der Waals surface area (Å²) < 4.78 is 4.74. The average Bonchev–Trinajstić information content (AvgIpc) is 2.81. The van der Waals surface area contributed by atoms with Crippen LogP contribution in [0.2, 0.25) is 0 Å². The predicted molar refractivity (Wildman–Crippen MR) is 83.9 cm³/mol. The van der Waals surface area contributed by atoms with Crippen molar-refractivity contribution in [1.29, 1.82) is 0 Å². The molecule has 1 N–H and O–H groups in total. The Labute approximate surface area is 129 Å². The van der Waals surface area contributed by atoms with E-state index in [0.717, 1.165) is 36.7 Å². The Morgan fingerprint density at radius 2 is 2.10 bits per heavy atom. The van der Waals surface area contributed by atoms with Gasteiger partial charge in [-0.2, -0.15) is 0 Å². The summed E-state index contributed by atoms with van der Waals surface area (Å²) in [5.74, 6) is 0.258. The Balaban J connectivity index is 1.95. The van der Waals surface area contributed by atoms with Gasteiger partial charge in [-0.05, 0) is 44.8 Å². The molecule has 116 valence electrons. The van der Waals surface area contributed by atoms with Gasteiger partial charge in [0.05, 0.1) is 19.2 Å². The van der Waals surface area contributed by atoms with E-state index in [0.29, 0.717) is 17.1 Å². The Morgan fingerprint density at radius 3 is 2.71 bits per heavy atom. The molecule has 21 heavy (non-hydrogen) atoms. The molecule has 1 saturated heterocycles. The zero-order chi connectivity index (χ0) is 15.4. The third-order valence-electron chi connectivity index (χ3n) is 3.76. The van der Waals surface area contributed by atoms with Gasteiger partial charge in [0, 0.05) is 4.88 Å². The number of hydrogen-bond acceptors (Lipinski definition) is 5. The molecule has 0 aromatic carbocycles. The van der Waals surface area contributed by atoms with Crippen molar-refractivity contribution in [2.24, 2.45) is 5.92 Å². The molecule has 0 bridgehead atoms. The normalized spacial score (nSPS) is 16.7. The molecule has 0 unspecified atom stereocenters. The number of thiophene rings is 1. The molecule has 5 nitrogen and oxygen atoms in total. The van der Waals surface area contributed by atoms with Crippen LogP contribution in [0.15, 0.2) is 6.07 Å². The number of likely N-dealkylation sites (tertiary alicyclic amines) is 1. The molecule has 2 rings (SSSR count). The standard InChI is InChI=1S/C15H22N2O3S/c1-10-4-6-17(7-5-10)9-13(18)16-14-12(15(19)20-3)8-11(2)21-14/h8,10H,4-7,9H2,1-3H3,(H,16,18). The minimum atomic E-state index is -0.415. The highest BCUT2D eigenvalue weighted by Gasteiger charge is 2.20. The molecule has 0 atom stereocenters. The van der Waals surface area contributed by atoms with Crippen molar-refractivity contribution in [2.45, 2.75) is 26.7 Å². The van der Waals surface area contributed by atoms with Gasteiger partial charge in [-0.15, -0.1) is 11.3 Å². The molecule has 1 aromatic heterocycles. The van der Waals surface area contributed by atoms with E-state index >= 15 is 0 Å². The van der Waals surface area contributed by atoms with E-state index in [9.17, 15) is 9.59 Å². The van der Waals surface area contributed by atoms with Crippen LogP contribution in [0.4, 0.5) is 5.00 Å². The lowest BCUT2D eigenvalue weighted by molar-refractivity contribution is -0.117. The first-order chi connectivity index (χ1) is 9.99. The summed E-state index contributed by atoms with van der Waals surface area (Å²) >= 11 is 1.40. The van der Waals surface area contributed by atoms with Gasteiger partial charge in [0.15, 0.2) is 0 Å². The highest BCUT2D eigenvalue weighted by Crippen LogP contribution is 2.28. The summed E-state index contributed by atoms with van der Waals surface area (Å²) in [5.41, 5.74) is 0.431. The van der Waals surface area contributed by atoms with Gasteiger partial charge in [-0.25, -0.2) is 4.79 Å². The summed E-state index contributed by atoms with van der Waals surface area (Å²) in [7, 11) is 1.34. The summed E-state index contributed by atoms with van der Waals surface area (Å²) in [4.78, 5) is 26.9. The minimum Gasteiger partial charge on any atom is -0.465 e. The average molecular weight is 310 g/mol. The summed E-state index contributed by atoms with van der Waals surface area (Å²) in [6, 6.07) is 1.74. The molecular formula is C15H22N2O3S. The first-order valence-electron chi connectivity index (χ1n) is 7.20. The number of amides is 1. The van der Waals surface area contributed by atoms with E-state index in [4.69, 9.17) is 4.74 Å². The highest BCUT2D eigenvalue weighted by molar-refractivity contribution is 7.16. The fraction of sp³-hybridized carbons (Fsp3) is 0.600. The van der Waals surface area contributed by atoms with E-state index in [1.54, 1.807) is 6.07 Å². The van der Waals surface area contributed by atoms with Crippen molar-refractivity contribution in [3.63, 3.8) is 0 Å². The second-order valence-electron chi connectivity index (χ2n) is 5.60. The van der Waals surface area contributed by atoms with Crippen LogP contribution in [0, 0.1) is 12.8 Å². The van der Waals surface area contributed by atoms with Crippen LogP contribution >= 0.6 is 11.3 Å². The second-order valence-corrected chi connectivity index (χ2v) is 6.85. The zero-order valence-electron chi connectivity index (χ0n) is 12.8. The minimum absolute atomic E-state index is 0.0726. The number of carbonyl (C=O) groups is 2. The number of rotatable bonds is 4. The molecule has 6 heteroatoms. The summed E-state index contributed by atoms with van der Waals surface area (Å²) in [6.07, 6.45) is 2.28. The first-order valence-corrected chi connectivity index (χ1v) is 8.02. The monoisotopic (exact) mass is 310 g/mol. The Hall–Kier alpha value is -1.40. The number of methoxy groups -OCH3 is 1. The van der Waals surface area contributed by atoms with Crippen LogP contribution in [-0.2, 0) is 9.53 Å². The molecule has 0 aliphatic carbocycles. The molecule has 1 aromatic rings. The maximum atomic E-state index is 12.1. The Kier molecular flexibility index (Phi) is 5.36. The lowest BCUT2D eigenvalue weighted by Crippen LogP contribution is -2.38. The number of esters is 1. The van der Waals surface area contributed by atoms with Gasteiger partial charge in [-0.3, -0.25) is 9.69 Å². The maximum absolute atomic E-state index is 12.1. The molecule has 1 aliphatic rings. The zero-order valence-corrected chi connectivity index (χ0v) is 13.6. The second kappa shape index (κ2) is 7.04. The largest absolute Gasteiger partial charge is 0.465 e. The van der Waals surface area contributed by atoms with E-state index in [1.165, 1.54) is 18.4 Å². The predicted octanol–water partition coefficient (Wildman–Crippen LogP) is 2.51. The molecule has 1 aliphatic heterocycles. The summed E-state index contributed by atoms with van der Waals surface area (Å²) in [5, 5.41) is 3.42. The van der Waals surface area contributed by atoms with Crippen LogP contribution in [0.5, 0.6) is 0 Å². The van der Waals surface area contributed by atoms with E-state index in [2.05, 4.69) is 17.1 Å². The smallest absolute Gasteiger partial charge is 0.340 e. The number of ether oxygens (including phenoxy) is 1.